The molecule has 2 aromatic rings. The highest BCUT2D eigenvalue weighted by atomic mass is 32.2. The molecule has 18 heavy (non-hydrogen) atoms. The highest BCUT2D eigenvalue weighted by Gasteiger charge is 2.36. The second-order valence-electron chi connectivity index (χ2n) is 4.76. The highest BCUT2D eigenvalue weighted by molar-refractivity contribution is 8.20. The van der Waals surface area contributed by atoms with Crippen LogP contribution in [0.15, 0.2) is 48.5 Å². The monoisotopic (exact) mass is 270 g/mol. The van der Waals surface area contributed by atoms with E-state index < -0.39 is 0 Å². The van der Waals surface area contributed by atoms with Gasteiger partial charge in [0.25, 0.3) is 0 Å². The van der Waals surface area contributed by atoms with Crippen LogP contribution < -0.4 is 0 Å². The van der Waals surface area contributed by atoms with Crippen molar-refractivity contribution < 1.29 is 0 Å². The molecule has 2 heteroatoms. The van der Waals surface area contributed by atoms with Crippen LogP contribution in [0.5, 0.6) is 0 Å². The summed E-state index contributed by atoms with van der Waals surface area (Å²) < 4.78 is 0.704. The van der Waals surface area contributed by atoms with Crippen molar-refractivity contribution in [3.05, 3.63) is 59.7 Å². The first-order valence-corrected chi connectivity index (χ1v) is 8.46. The van der Waals surface area contributed by atoms with Crippen molar-refractivity contribution in [3.63, 3.8) is 0 Å². The topological polar surface area (TPSA) is 0 Å². The fourth-order valence-electron chi connectivity index (χ4n) is 3.06. The maximum atomic E-state index is 2.32. The Bertz CT molecular complexity index is 540. The van der Waals surface area contributed by atoms with E-state index in [-0.39, 0.29) is 0 Å². The lowest BCUT2D eigenvalue weighted by atomic mass is 9.99. The predicted molar refractivity (Wildman–Crippen MR) is 82.4 cm³/mol. The SMILES string of the molecule is c1ccc2c(c1)-c1ccccc1C2C1SCCS1. The minimum absolute atomic E-state index is 0.592. The van der Waals surface area contributed by atoms with E-state index in [2.05, 4.69) is 72.1 Å². The van der Waals surface area contributed by atoms with Crippen molar-refractivity contribution in [1.82, 2.24) is 0 Å². The average Bonchev–Trinajstić information content (AvgIpc) is 3.03. The van der Waals surface area contributed by atoms with Crippen LogP contribution in [0.1, 0.15) is 17.0 Å². The van der Waals surface area contributed by atoms with Crippen molar-refractivity contribution in [2.75, 3.05) is 11.5 Å². The first kappa shape index (κ1) is 11.0. The van der Waals surface area contributed by atoms with Crippen LogP contribution in [0, 0.1) is 0 Å². The normalized spacial score (nSPS) is 18.9. The molecule has 0 nitrogen and oxygen atoms in total. The first-order valence-electron chi connectivity index (χ1n) is 6.36. The molecule has 2 aliphatic rings. The second kappa shape index (κ2) is 4.36. The molecule has 1 fully saturated rings. The van der Waals surface area contributed by atoms with Gasteiger partial charge in [-0.05, 0) is 22.3 Å². The molecule has 1 aliphatic heterocycles. The van der Waals surface area contributed by atoms with E-state index in [1.807, 2.05) is 0 Å². The first-order chi connectivity index (χ1) is 8.95. The predicted octanol–water partition coefficient (Wildman–Crippen LogP) is 4.61. The largest absolute Gasteiger partial charge is 0.146 e. The molecule has 1 saturated heterocycles. The zero-order valence-corrected chi connectivity index (χ0v) is 11.6. The van der Waals surface area contributed by atoms with Gasteiger partial charge in [0, 0.05) is 17.4 Å². The van der Waals surface area contributed by atoms with Crippen molar-refractivity contribution in [3.8, 4) is 11.1 Å². The molecule has 2 aromatic carbocycles. The van der Waals surface area contributed by atoms with Gasteiger partial charge in [-0.3, -0.25) is 0 Å². The van der Waals surface area contributed by atoms with Gasteiger partial charge in [-0.25, -0.2) is 0 Å². The van der Waals surface area contributed by atoms with Gasteiger partial charge in [0.05, 0.1) is 4.58 Å². The summed E-state index contributed by atoms with van der Waals surface area (Å²) in [6.45, 7) is 0. The average molecular weight is 270 g/mol. The number of hydrogen-bond acceptors (Lipinski definition) is 2. The summed E-state index contributed by atoms with van der Waals surface area (Å²) in [5.74, 6) is 3.20. The minimum Gasteiger partial charge on any atom is -0.146 e. The number of hydrogen-bond donors (Lipinski definition) is 0. The molecule has 0 radical (unpaired) electrons. The molecular weight excluding hydrogens is 256 g/mol. The Kier molecular flexibility index (Phi) is 2.66. The molecular formula is C16H14S2. The van der Waals surface area contributed by atoms with Crippen LogP contribution in [-0.4, -0.2) is 16.1 Å². The lowest BCUT2D eigenvalue weighted by Gasteiger charge is -2.19. The summed E-state index contributed by atoms with van der Waals surface area (Å²) in [6.07, 6.45) is 0. The van der Waals surface area contributed by atoms with Crippen LogP contribution in [0.25, 0.3) is 11.1 Å². The standard InChI is InChI=1S/C16H14S2/c1-3-7-13-11(5-1)12-6-2-4-8-14(12)15(13)16-17-9-10-18-16/h1-8,15-16H,9-10H2. The van der Waals surface area contributed by atoms with E-state index in [0.717, 1.165) is 0 Å². The van der Waals surface area contributed by atoms with E-state index in [1.165, 1.54) is 33.8 Å². The molecule has 0 unspecified atom stereocenters. The third-order valence-electron chi connectivity index (χ3n) is 3.80. The van der Waals surface area contributed by atoms with Gasteiger partial charge < -0.3 is 0 Å². The van der Waals surface area contributed by atoms with E-state index in [1.54, 1.807) is 0 Å². The van der Waals surface area contributed by atoms with Crippen LogP contribution >= 0.6 is 23.5 Å². The molecule has 1 heterocycles. The van der Waals surface area contributed by atoms with Gasteiger partial charge in [0.2, 0.25) is 0 Å². The molecule has 0 aromatic heterocycles. The van der Waals surface area contributed by atoms with Crippen molar-refractivity contribution in [2.24, 2.45) is 0 Å². The van der Waals surface area contributed by atoms with Crippen LogP contribution in [0.4, 0.5) is 0 Å². The summed E-state index contributed by atoms with van der Waals surface area (Å²) in [5.41, 5.74) is 5.97. The van der Waals surface area contributed by atoms with Crippen LogP contribution in [0.2, 0.25) is 0 Å². The van der Waals surface area contributed by atoms with Gasteiger partial charge >= 0.3 is 0 Å². The Morgan fingerprint density at radius 1 is 0.722 bits per heavy atom. The third-order valence-corrected chi connectivity index (χ3v) is 6.96. The minimum atomic E-state index is 0.592. The fourth-order valence-corrected chi connectivity index (χ4v) is 6.22. The van der Waals surface area contributed by atoms with Gasteiger partial charge in [-0.2, -0.15) is 0 Å². The van der Waals surface area contributed by atoms with Gasteiger partial charge in [-0.1, -0.05) is 48.5 Å². The molecule has 0 spiro atoms. The number of fused-ring (bicyclic) bond motifs is 3. The van der Waals surface area contributed by atoms with Gasteiger partial charge in [0.15, 0.2) is 0 Å². The van der Waals surface area contributed by atoms with E-state index in [0.29, 0.717) is 10.5 Å². The van der Waals surface area contributed by atoms with Crippen LogP contribution in [0.3, 0.4) is 0 Å². The summed E-state index contributed by atoms with van der Waals surface area (Å²) in [7, 11) is 0. The molecule has 0 bridgehead atoms. The molecule has 4 rings (SSSR count). The summed E-state index contributed by atoms with van der Waals surface area (Å²) in [6, 6.07) is 17.9. The Hall–Kier alpha value is -0.860. The Balaban J connectivity index is 1.92. The van der Waals surface area contributed by atoms with Crippen molar-refractivity contribution in [2.45, 2.75) is 10.5 Å². The smallest absolute Gasteiger partial charge is 0.0612 e. The summed E-state index contributed by atoms with van der Waals surface area (Å²) in [5, 5.41) is 0. The Morgan fingerprint density at radius 3 is 1.78 bits per heavy atom. The zero-order chi connectivity index (χ0) is 11.9. The van der Waals surface area contributed by atoms with Crippen LogP contribution in [-0.2, 0) is 0 Å². The number of benzene rings is 2. The van der Waals surface area contributed by atoms with Crippen molar-refractivity contribution in [1.29, 1.82) is 0 Å². The van der Waals surface area contributed by atoms with Gasteiger partial charge in [-0.15, -0.1) is 23.5 Å². The molecule has 0 atom stereocenters. The highest BCUT2D eigenvalue weighted by Crippen LogP contribution is 2.53. The lowest BCUT2D eigenvalue weighted by molar-refractivity contribution is 0.937. The molecule has 0 N–H and O–H groups in total. The Labute approximate surface area is 116 Å². The van der Waals surface area contributed by atoms with Gasteiger partial charge in [0.1, 0.15) is 0 Å². The molecule has 1 aliphatic carbocycles. The van der Waals surface area contributed by atoms with E-state index in [9.17, 15) is 0 Å². The molecule has 0 saturated carbocycles. The summed E-state index contributed by atoms with van der Waals surface area (Å²) >= 11 is 4.26. The fraction of sp³-hybridized carbons (Fsp3) is 0.250. The third kappa shape index (κ3) is 1.55. The van der Waals surface area contributed by atoms with E-state index in [4.69, 9.17) is 0 Å². The Morgan fingerprint density at radius 2 is 1.22 bits per heavy atom. The summed E-state index contributed by atoms with van der Waals surface area (Å²) in [4.78, 5) is 0. The second-order valence-corrected chi connectivity index (χ2v) is 7.56. The molecule has 90 valence electrons. The maximum absolute atomic E-state index is 2.32. The number of rotatable bonds is 1. The molecule has 0 amide bonds. The van der Waals surface area contributed by atoms with E-state index >= 15 is 0 Å². The van der Waals surface area contributed by atoms with Crippen molar-refractivity contribution >= 4 is 23.5 Å². The maximum Gasteiger partial charge on any atom is 0.0612 e. The number of thioether (sulfide) groups is 2. The lowest BCUT2D eigenvalue weighted by Crippen LogP contribution is -2.08. The quantitative estimate of drug-likeness (QED) is 0.742. The zero-order valence-electron chi connectivity index (χ0n) is 10.0.